The van der Waals surface area contributed by atoms with Crippen LogP contribution in [0.25, 0.3) is 0 Å². The molecule has 1 saturated heterocycles. The van der Waals surface area contributed by atoms with Gasteiger partial charge in [-0.25, -0.2) is 0 Å². The van der Waals surface area contributed by atoms with Crippen molar-refractivity contribution < 1.29 is 4.74 Å². The van der Waals surface area contributed by atoms with Crippen molar-refractivity contribution in [1.29, 1.82) is 0 Å². The lowest BCUT2D eigenvalue weighted by molar-refractivity contribution is 0.302. The molecule has 0 radical (unpaired) electrons. The third-order valence-corrected chi connectivity index (χ3v) is 4.14. The van der Waals surface area contributed by atoms with E-state index in [2.05, 4.69) is 27.4 Å². The molecule has 1 saturated carbocycles. The smallest absolute Gasteiger partial charge is 0.0920 e. The van der Waals surface area contributed by atoms with E-state index in [1.807, 2.05) is 0 Å². The van der Waals surface area contributed by atoms with Crippen molar-refractivity contribution in [3.8, 4) is 0 Å². The molecule has 86 valence electrons. The summed E-state index contributed by atoms with van der Waals surface area (Å²) in [5, 5.41) is 0. The van der Waals surface area contributed by atoms with Gasteiger partial charge in [-0.1, -0.05) is 26.0 Å². The van der Waals surface area contributed by atoms with E-state index in [-0.39, 0.29) is 5.60 Å². The first-order chi connectivity index (χ1) is 7.01. The number of ether oxygens (including phenoxy) is 1. The minimum absolute atomic E-state index is 0.259. The molecule has 15 heavy (non-hydrogen) atoms. The van der Waals surface area contributed by atoms with E-state index in [4.69, 9.17) is 4.74 Å². The first-order valence-electron chi connectivity index (χ1n) is 6.37. The van der Waals surface area contributed by atoms with Gasteiger partial charge in [0.15, 0.2) is 0 Å². The summed E-state index contributed by atoms with van der Waals surface area (Å²) in [5.74, 6) is 1.54. The third kappa shape index (κ3) is 2.44. The minimum Gasteiger partial charge on any atom is -0.366 e. The van der Waals surface area contributed by atoms with Gasteiger partial charge in [-0.15, -0.1) is 0 Å². The monoisotopic (exact) mass is 208 g/mol. The third-order valence-electron chi connectivity index (χ3n) is 4.14. The first-order valence-corrected chi connectivity index (χ1v) is 6.37. The largest absolute Gasteiger partial charge is 0.366 e. The quantitative estimate of drug-likeness (QED) is 0.503. The normalized spacial score (nSPS) is 38.9. The maximum atomic E-state index is 5.73. The number of fused-ring (bicyclic) bond motifs is 1. The van der Waals surface area contributed by atoms with Gasteiger partial charge in [-0.3, -0.25) is 0 Å². The Morgan fingerprint density at radius 1 is 1.53 bits per heavy atom. The predicted molar refractivity (Wildman–Crippen MR) is 63.8 cm³/mol. The molecule has 3 unspecified atom stereocenters. The van der Waals surface area contributed by atoms with Crippen molar-refractivity contribution in [3.05, 3.63) is 12.2 Å². The Bertz CT molecular complexity index is 256. The second-order valence-corrected chi connectivity index (χ2v) is 5.98. The molecule has 0 aromatic heterocycles. The van der Waals surface area contributed by atoms with Crippen LogP contribution in [0.15, 0.2) is 12.2 Å². The molecular formula is C14H24O. The van der Waals surface area contributed by atoms with Crippen LogP contribution < -0.4 is 0 Å². The van der Waals surface area contributed by atoms with Gasteiger partial charge < -0.3 is 4.74 Å². The van der Waals surface area contributed by atoms with Gasteiger partial charge in [-0.2, -0.15) is 0 Å². The van der Waals surface area contributed by atoms with Gasteiger partial charge in [0.1, 0.15) is 0 Å². The summed E-state index contributed by atoms with van der Waals surface area (Å²) in [6.45, 7) is 11.1. The molecule has 1 heterocycles. The molecule has 0 spiro atoms. The van der Waals surface area contributed by atoms with Crippen LogP contribution in [0.1, 0.15) is 52.9 Å². The van der Waals surface area contributed by atoms with E-state index >= 15 is 0 Å². The lowest BCUT2D eigenvalue weighted by Gasteiger charge is -2.24. The molecule has 2 fully saturated rings. The van der Waals surface area contributed by atoms with Crippen LogP contribution in [-0.2, 0) is 4.74 Å². The van der Waals surface area contributed by atoms with Crippen molar-refractivity contribution in [3.63, 3.8) is 0 Å². The summed E-state index contributed by atoms with van der Waals surface area (Å²) >= 11 is 0. The van der Waals surface area contributed by atoms with Crippen LogP contribution in [-0.4, -0.2) is 11.7 Å². The van der Waals surface area contributed by atoms with E-state index in [9.17, 15) is 0 Å². The first kappa shape index (κ1) is 11.2. The molecule has 3 atom stereocenters. The Hall–Kier alpha value is -0.300. The fraction of sp³-hybridized carbons (Fsp3) is 0.857. The van der Waals surface area contributed by atoms with Gasteiger partial charge in [0.25, 0.3) is 0 Å². The van der Waals surface area contributed by atoms with Gasteiger partial charge in [-0.05, 0) is 50.9 Å². The zero-order valence-electron chi connectivity index (χ0n) is 10.4. The Labute approximate surface area is 93.9 Å². The molecule has 1 aliphatic carbocycles. The van der Waals surface area contributed by atoms with Gasteiger partial charge in [0.2, 0.25) is 0 Å². The summed E-state index contributed by atoms with van der Waals surface area (Å²) in [5.41, 5.74) is 1.73. The van der Waals surface area contributed by atoms with Gasteiger partial charge in [0.05, 0.1) is 11.7 Å². The standard InChI is InChI=1S/C14H24O/c1-10(2)5-6-11(3)12-7-8-14(4)13(9-12)15-14/h10,12-13H,3,5-9H2,1-2,4H3. The average molecular weight is 208 g/mol. The SMILES string of the molecule is C=C(CCC(C)C)C1CCC2(C)OC2C1. The molecule has 0 N–H and O–H groups in total. The highest BCUT2D eigenvalue weighted by Gasteiger charge is 2.55. The van der Waals surface area contributed by atoms with E-state index in [0.29, 0.717) is 6.10 Å². The highest BCUT2D eigenvalue weighted by molar-refractivity contribution is 5.11. The maximum Gasteiger partial charge on any atom is 0.0920 e. The second kappa shape index (κ2) is 3.93. The van der Waals surface area contributed by atoms with Crippen molar-refractivity contribution in [1.82, 2.24) is 0 Å². The topological polar surface area (TPSA) is 12.5 Å². The fourth-order valence-electron chi connectivity index (χ4n) is 2.69. The van der Waals surface area contributed by atoms with Crippen LogP contribution in [0.4, 0.5) is 0 Å². The summed E-state index contributed by atoms with van der Waals surface area (Å²) in [6.07, 6.45) is 6.82. The van der Waals surface area contributed by atoms with Crippen LogP contribution in [0, 0.1) is 11.8 Å². The summed E-state index contributed by atoms with van der Waals surface area (Å²) in [7, 11) is 0. The highest BCUT2D eigenvalue weighted by atomic mass is 16.6. The molecule has 1 heteroatoms. The van der Waals surface area contributed by atoms with Gasteiger partial charge >= 0.3 is 0 Å². The fourth-order valence-corrected chi connectivity index (χ4v) is 2.69. The molecule has 0 aromatic rings. The van der Waals surface area contributed by atoms with E-state index in [1.165, 1.54) is 37.7 Å². The Morgan fingerprint density at radius 2 is 2.27 bits per heavy atom. The number of hydrogen-bond acceptors (Lipinski definition) is 1. The van der Waals surface area contributed by atoms with Crippen LogP contribution in [0.5, 0.6) is 0 Å². The summed E-state index contributed by atoms with van der Waals surface area (Å²) in [4.78, 5) is 0. The zero-order chi connectivity index (χ0) is 11.1. The highest BCUT2D eigenvalue weighted by Crippen LogP contribution is 2.50. The van der Waals surface area contributed by atoms with Crippen molar-refractivity contribution >= 4 is 0 Å². The number of rotatable bonds is 4. The van der Waals surface area contributed by atoms with Crippen LogP contribution in [0.2, 0.25) is 0 Å². The molecule has 0 bridgehead atoms. The second-order valence-electron chi connectivity index (χ2n) is 5.98. The Kier molecular flexibility index (Phi) is 2.94. The molecule has 1 aliphatic heterocycles. The van der Waals surface area contributed by atoms with Crippen LogP contribution >= 0.6 is 0 Å². The molecule has 1 nitrogen and oxygen atoms in total. The minimum atomic E-state index is 0.259. The Morgan fingerprint density at radius 3 is 2.87 bits per heavy atom. The van der Waals surface area contributed by atoms with Crippen molar-refractivity contribution in [2.45, 2.75) is 64.6 Å². The van der Waals surface area contributed by atoms with Crippen molar-refractivity contribution in [2.24, 2.45) is 11.8 Å². The molecule has 0 aromatic carbocycles. The lowest BCUT2D eigenvalue weighted by atomic mass is 9.78. The number of hydrogen-bond donors (Lipinski definition) is 0. The van der Waals surface area contributed by atoms with E-state index < -0.39 is 0 Å². The average Bonchev–Trinajstić information content (AvgIpc) is 2.84. The zero-order valence-corrected chi connectivity index (χ0v) is 10.4. The number of allylic oxidation sites excluding steroid dienone is 1. The molecular weight excluding hydrogens is 184 g/mol. The molecule has 0 amide bonds. The van der Waals surface area contributed by atoms with Gasteiger partial charge in [0, 0.05) is 0 Å². The predicted octanol–water partition coefficient (Wildman–Crippen LogP) is 3.94. The Balaban J connectivity index is 1.77. The van der Waals surface area contributed by atoms with Crippen LogP contribution in [0.3, 0.4) is 0 Å². The summed E-state index contributed by atoms with van der Waals surface area (Å²) in [6, 6.07) is 0. The summed E-state index contributed by atoms with van der Waals surface area (Å²) < 4.78 is 5.73. The lowest BCUT2D eigenvalue weighted by Crippen LogP contribution is -2.22. The van der Waals surface area contributed by atoms with Crippen molar-refractivity contribution in [2.75, 3.05) is 0 Å². The molecule has 2 aliphatic rings. The number of epoxide rings is 1. The van der Waals surface area contributed by atoms with E-state index in [0.717, 1.165) is 11.8 Å². The molecule has 2 rings (SSSR count). The maximum absolute atomic E-state index is 5.73. The van der Waals surface area contributed by atoms with E-state index in [1.54, 1.807) is 0 Å².